The number of benzene rings is 2. The average Bonchev–Trinajstić information content (AvgIpc) is 2.37. The Morgan fingerprint density at radius 1 is 1.26 bits per heavy atom. The molecule has 2 aromatic carbocycles. The summed E-state index contributed by atoms with van der Waals surface area (Å²) in [6.07, 6.45) is 0. The second-order valence-electron chi connectivity index (χ2n) is 4.06. The molecule has 3 nitrogen and oxygen atoms in total. The molecule has 0 saturated heterocycles. The average molecular weight is 279 g/mol. The highest BCUT2D eigenvalue weighted by atomic mass is 35.5. The summed E-state index contributed by atoms with van der Waals surface area (Å²) >= 11 is 5.87. The van der Waals surface area contributed by atoms with E-state index < -0.39 is 11.7 Å². The third-order valence-electron chi connectivity index (χ3n) is 2.74. The zero-order chi connectivity index (χ0) is 14.0. The van der Waals surface area contributed by atoms with Gasteiger partial charge in [0.25, 0.3) is 5.91 Å². The number of amides is 1. The van der Waals surface area contributed by atoms with Gasteiger partial charge in [-0.05, 0) is 30.3 Å². The molecular weight excluding hydrogens is 267 g/mol. The fourth-order valence-corrected chi connectivity index (χ4v) is 1.96. The summed E-state index contributed by atoms with van der Waals surface area (Å²) in [6, 6.07) is 10.9. The minimum absolute atomic E-state index is 0.0840. The number of rotatable bonds is 2. The third-order valence-corrected chi connectivity index (χ3v) is 3.05. The number of halogens is 2. The predicted molar refractivity (Wildman–Crippen MR) is 75.0 cm³/mol. The minimum atomic E-state index is -0.645. The predicted octanol–water partition coefficient (Wildman–Crippen LogP) is 3.34. The van der Waals surface area contributed by atoms with Crippen molar-refractivity contribution in [3.05, 3.63) is 58.9 Å². The van der Waals surface area contributed by atoms with Crippen molar-refractivity contribution < 1.29 is 9.18 Å². The van der Waals surface area contributed by atoms with Crippen LogP contribution in [0.2, 0.25) is 5.02 Å². The van der Waals surface area contributed by atoms with Gasteiger partial charge < -0.3 is 10.6 Å². The van der Waals surface area contributed by atoms with Crippen LogP contribution in [0.25, 0.3) is 0 Å². The van der Waals surface area contributed by atoms with E-state index in [9.17, 15) is 9.18 Å². The molecule has 0 saturated carbocycles. The van der Waals surface area contributed by atoms with Crippen LogP contribution in [0.15, 0.2) is 42.5 Å². The lowest BCUT2D eigenvalue weighted by atomic mass is 10.1. The summed E-state index contributed by atoms with van der Waals surface area (Å²) in [5, 5.41) is 0.0840. The number of carbonyl (C=O) groups is 1. The maximum absolute atomic E-state index is 13.7. The molecule has 2 rings (SSSR count). The quantitative estimate of drug-likeness (QED) is 0.857. The molecule has 0 bridgehead atoms. The van der Waals surface area contributed by atoms with Crippen molar-refractivity contribution in [1.29, 1.82) is 0 Å². The molecule has 2 aromatic rings. The number of hydrogen-bond acceptors (Lipinski definition) is 2. The number of anilines is 2. The van der Waals surface area contributed by atoms with E-state index >= 15 is 0 Å². The lowest BCUT2D eigenvalue weighted by molar-refractivity contribution is 0.0989. The van der Waals surface area contributed by atoms with Gasteiger partial charge in [-0.15, -0.1) is 0 Å². The molecule has 0 fully saturated rings. The van der Waals surface area contributed by atoms with Crippen LogP contribution in [0.5, 0.6) is 0 Å². The van der Waals surface area contributed by atoms with E-state index in [1.54, 1.807) is 31.3 Å². The topological polar surface area (TPSA) is 46.3 Å². The Balaban J connectivity index is 2.39. The van der Waals surface area contributed by atoms with Gasteiger partial charge in [0, 0.05) is 18.4 Å². The van der Waals surface area contributed by atoms with Crippen molar-refractivity contribution >= 4 is 28.9 Å². The first-order chi connectivity index (χ1) is 9.00. The first-order valence-electron chi connectivity index (χ1n) is 5.58. The Kier molecular flexibility index (Phi) is 3.71. The molecule has 0 aliphatic carbocycles. The van der Waals surface area contributed by atoms with E-state index in [-0.39, 0.29) is 10.6 Å². The fraction of sp³-hybridized carbons (Fsp3) is 0.0714. The molecule has 0 unspecified atom stereocenters. The van der Waals surface area contributed by atoms with Crippen LogP contribution in [0.1, 0.15) is 10.4 Å². The molecule has 0 aliphatic heterocycles. The number of nitrogens with zero attached hydrogens (tertiary/aromatic N) is 1. The Morgan fingerprint density at radius 2 is 1.95 bits per heavy atom. The van der Waals surface area contributed by atoms with Gasteiger partial charge in [0.1, 0.15) is 5.82 Å². The Morgan fingerprint density at radius 3 is 2.58 bits per heavy atom. The lowest BCUT2D eigenvalue weighted by Gasteiger charge is -2.18. The van der Waals surface area contributed by atoms with E-state index in [0.717, 1.165) is 0 Å². The van der Waals surface area contributed by atoms with Crippen LogP contribution in [0, 0.1) is 5.82 Å². The van der Waals surface area contributed by atoms with Gasteiger partial charge in [-0.2, -0.15) is 0 Å². The van der Waals surface area contributed by atoms with Crippen molar-refractivity contribution in [2.45, 2.75) is 0 Å². The third kappa shape index (κ3) is 2.69. The highest BCUT2D eigenvalue weighted by Gasteiger charge is 2.20. The van der Waals surface area contributed by atoms with Gasteiger partial charge in [-0.25, -0.2) is 4.39 Å². The highest BCUT2D eigenvalue weighted by molar-refractivity contribution is 6.34. The Labute approximate surface area is 115 Å². The molecule has 0 radical (unpaired) electrons. The molecule has 1 amide bonds. The van der Waals surface area contributed by atoms with Gasteiger partial charge in [0.05, 0.1) is 10.6 Å². The van der Waals surface area contributed by atoms with Gasteiger partial charge in [0.15, 0.2) is 0 Å². The fourth-order valence-electron chi connectivity index (χ4n) is 1.72. The van der Waals surface area contributed by atoms with Gasteiger partial charge in [0.2, 0.25) is 0 Å². The van der Waals surface area contributed by atoms with E-state index in [2.05, 4.69) is 0 Å². The van der Waals surface area contributed by atoms with Crippen molar-refractivity contribution in [1.82, 2.24) is 0 Å². The standard InChI is InChI=1S/C14H12ClFN2O/c1-18(10-5-2-4-9(17)8-10)14(19)13-11(15)6-3-7-12(13)16/h2-8H,17H2,1H3. The van der Waals surface area contributed by atoms with Crippen LogP contribution < -0.4 is 10.6 Å². The largest absolute Gasteiger partial charge is 0.399 e. The van der Waals surface area contributed by atoms with Crippen LogP contribution in [0.4, 0.5) is 15.8 Å². The van der Waals surface area contributed by atoms with Gasteiger partial charge in [-0.3, -0.25) is 4.79 Å². The van der Waals surface area contributed by atoms with Crippen LogP contribution in [0.3, 0.4) is 0 Å². The van der Waals surface area contributed by atoms with E-state index in [1.807, 2.05) is 0 Å². The van der Waals surface area contributed by atoms with Crippen LogP contribution in [-0.4, -0.2) is 13.0 Å². The van der Waals surface area contributed by atoms with Crippen molar-refractivity contribution in [3.8, 4) is 0 Å². The summed E-state index contributed by atoms with van der Waals surface area (Å²) in [7, 11) is 1.54. The summed E-state index contributed by atoms with van der Waals surface area (Å²) in [4.78, 5) is 13.6. The Bertz CT molecular complexity index is 610. The normalized spacial score (nSPS) is 10.3. The molecule has 0 aromatic heterocycles. The smallest absolute Gasteiger partial charge is 0.262 e. The summed E-state index contributed by atoms with van der Waals surface area (Å²) in [5.74, 6) is -1.16. The van der Waals surface area contributed by atoms with Crippen molar-refractivity contribution in [2.75, 3.05) is 17.7 Å². The number of hydrogen-bond donors (Lipinski definition) is 1. The van der Waals surface area contributed by atoms with Crippen LogP contribution >= 0.6 is 11.6 Å². The summed E-state index contributed by atoms with van der Waals surface area (Å²) in [5.41, 5.74) is 6.61. The number of nitrogen functional groups attached to an aromatic ring is 1. The molecule has 2 N–H and O–H groups in total. The molecule has 5 heteroatoms. The monoisotopic (exact) mass is 278 g/mol. The molecule has 0 heterocycles. The molecule has 19 heavy (non-hydrogen) atoms. The zero-order valence-corrected chi connectivity index (χ0v) is 11.0. The number of nitrogens with two attached hydrogens (primary N) is 1. The second kappa shape index (κ2) is 5.28. The first-order valence-corrected chi connectivity index (χ1v) is 5.96. The second-order valence-corrected chi connectivity index (χ2v) is 4.46. The maximum atomic E-state index is 13.7. The summed E-state index contributed by atoms with van der Waals surface area (Å²) < 4.78 is 13.7. The summed E-state index contributed by atoms with van der Waals surface area (Å²) in [6.45, 7) is 0. The van der Waals surface area contributed by atoms with Crippen molar-refractivity contribution in [3.63, 3.8) is 0 Å². The number of carbonyl (C=O) groups excluding carboxylic acids is 1. The van der Waals surface area contributed by atoms with Gasteiger partial charge in [-0.1, -0.05) is 23.7 Å². The molecular formula is C14H12ClFN2O. The Hall–Kier alpha value is -2.07. The van der Waals surface area contributed by atoms with E-state index in [1.165, 1.54) is 23.1 Å². The zero-order valence-electron chi connectivity index (χ0n) is 10.2. The van der Waals surface area contributed by atoms with E-state index in [4.69, 9.17) is 17.3 Å². The molecule has 0 aliphatic rings. The SMILES string of the molecule is CN(C(=O)c1c(F)cccc1Cl)c1cccc(N)c1. The van der Waals surface area contributed by atoms with Gasteiger partial charge >= 0.3 is 0 Å². The molecule has 98 valence electrons. The molecule has 0 atom stereocenters. The van der Waals surface area contributed by atoms with Crippen LogP contribution in [-0.2, 0) is 0 Å². The lowest BCUT2D eigenvalue weighted by Crippen LogP contribution is -2.27. The highest BCUT2D eigenvalue weighted by Crippen LogP contribution is 2.24. The van der Waals surface area contributed by atoms with Crippen molar-refractivity contribution in [2.24, 2.45) is 0 Å². The first kappa shape index (κ1) is 13.4. The maximum Gasteiger partial charge on any atom is 0.262 e. The minimum Gasteiger partial charge on any atom is -0.399 e. The molecule has 0 spiro atoms. The van der Waals surface area contributed by atoms with E-state index in [0.29, 0.717) is 11.4 Å².